The van der Waals surface area contributed by atoms with Gasteiger partial charge in [-0.05, 0) is 55.2 Å². The number of halogens is 3. The van der Waals surface area contributed by atoms with Gasteiger partial charge in [0.25, 0.3) is 0 Å². The standard InChI is InChI=1S/C21H19ClF2O5S/c22-11-1-3-12(4-2-11)30(26,27)21-8-7-17-13(9-18(25)29-17)14(21)10-28-20-16(24)6-5-15(23)19(20)21/h1-6,13-14,17-18,25H,7-10H2/t13-,14-,17+,18?,21-/m0/s1. The minimum Gasteiger partial charge on any atom is -0.490 e. The smallest absolute Gasteiger partial charge is 0.188 e. The lowest BCUT2D eigenvalue weighted by Gasteiger charge is -2.50. The lowest BCUT2D eigenvalue weighted by atomic mass is 9.66. The summed E-state index contributed by atoms with van der Waals surface area (Å²) in [6, 6.07) is 7.53. The maximum absolute atomic E-state index is 15.2. The Morgan fingerprint density at radius 1 is 1.10 bits per heavy atom. The molecule has 9 heteroatoms. The van der Waals surface area contributed by atoms with E-state index in [1.807, 2.05) is 0 Å². The molecule has 0 amide bonds. The molecule has 1 aliphatic carbocycles. The molecule has 0 radical (unpaired) electrons. The fourth-order valence-electron chi connectivity index (χ4n) is 5.44. The first-order valence-corrected chi connectivity index (χ1v) is 11.6. The van der Waals surface area contributed by atoms with Crippen LogP contribution in [0.1, 0.15) is 24.8 Å². The molecule has 1 N–H and O–H groups in total. The van der Waals surface area contributed by atoms with Gasteiger partial charge in [-0.15, -0.1) is 0 Å². The molecule has 2 heterocycles. The van der Waals surface area contributed by atoms with E-state index in [1.54, 1.807) is 0 Å². The van der Waals surface area contributed by atoms with Crippen molar-refractivity contribution in [2.24, 2.45) is 11.8 Å². The Morgan fingerprint density at radius 2 is 1.80 bits per heavy atom. The number of ether oxygens (including phenoxy) is 2. The Bertz CT molecular complexity index is 1110. The maximum atomic E-state index is 15.2. The van der Waals surface area contributed by atoms with Crippen molar-refractivity contribution in [2.45, 2.75) is 41.3 Å². The first-order chi connectivity index (χ1) is 14.3. The number of fused-ring (bicyclic) bond motifs is 5. The molecule has 160 valence electrons. The van der Waals surface area contributed by atoms with Crippen LogP contribution in [0.5, 0.6) is 5.75 Å². The maximum Gasteiger partial charge on any atom is 0.188 e. The summed E-state index contributed by atoms with van der Waals surface area (Å²) in [7, 11) is -4.19. The Kier molecular flexibility index (Phi) is 4.63. The molecule has 1 saturated heterocycles. The topological polar surface area (TPSA) is 72.8 Å². The number of aliphatic hydroxyl groups is 1. The van der Waals surface area contributed by atoms with E-state index in [9.17, 15) is 17.9 Å². The van der Waals surface area contributed by atoms with Crippen molar-refractivity contribution in [1.29, 1.82) is 0 Å². The second kappa shape index (κ2) is 6.88. The molecule has 1 unspecified atom stereocenters. The zero-order valence-electron chi connectivity index (χ0n) is 15.7. The van der Waals surface area contributed by atoms with Gasteiger partial charge in [0.15, 0.2) is 27.7 Å². The Labute approximate surface area is 177 Å². The van der Waals surface area contributed by atoms with Gasteiger partial charge in [-0.3, -0.25) is 0 Å². The fraction of sp³-hybridized carbons (Fsp3) is 0.429. The molecule has 5 nitrogen and oxygen atoms in total. The average molecular weight is 457 g/mol. The highest BCUT2D eigenvalue weighted by Gasteiger charge is 2.64. The van der Waals surface area contributed by atoms with Crippen molar-refractivity contribution in [3.63, 3.8) is 0 Å². The third kappa shape index (κ3) is 2.67. The Morgan fingerprint density at radius 3 is 2.53 bits per heavy atom. The number of aliphatic hydroxyl groups excluding tert-OH is 1. The van der Waals surface area contributed by atoms with Crippen molar-refractivity contribution in [1.82, 2.24) is 0 Å². The molecule has 30 heavy (non-hydrogen) atoms. The summed E-state index contributed by atoms with van der Waals surface area (Å²) in [6.07, 6.45) is -0.857. The summed E-state index contributed by atoms with van der Waals surface area (Å²) in [6.45, 7) is -0.114. The number of hydrogen-bond acceptors (Lipinski definition) is 5. The third-order valence-electron chi connectivity index (χ3n) is 6.69. The predicted octanol–water partition coefficient (Wildman–Crippen LogP) is 3.81. The first-order valence-electron chi connectivity index (χ1n) is 9.70. The molecular formula is C21H19ClF2O5S. The van der Waals surface area contributed by atoms with Crippen molar-refractivity contribution in [2.75, 3.05) is 6.61 Å². The van der Waals surface area contributed by atoms with Gasteiger partial charge in [0, 0.05) is 17.4 Å². The van der Waals surface area contributed by atoms with Crippen LogP contribution in [0.2, 0.25) is 5.02 Å². The van der Waals surface area contributed by atoms with E-state index in [2.05, 4.69) is 0 Å². The van der Waals surface area contributed by atoms with Crippen LogP contribution in [0, 0.1) is 23.5 Å². The lowest BCUT2D eigenvalue weighted by Crippen LogP contribution is -2.56. The van der Waals surface area contributed by atoms with Crippen molar-refractivity contribution in [3.05, 3.63) is 58.6 Å². The lowest BCUT2D eigenvalue weighted by molar-refractivity contribution is -0.103. The van der Waals surface area contributed by atoms with E-state index in [0.29, 0.717) is 11.4 Å². The third-order valence-corrected chi connectivity index (χ3v) is 9.51. The molecule has 5 rings (SSSR count). The predicted molar refractivity (Wildman–Crippen MR) is 104 cm³/mol. The van der Waals surface area contributed by atoms with Gasteiger partial charge in [-0.2, -0.15) is 0 Å². The quantitative estimate of drug-likeness (QED) is 0.744. The highest BCUT2D eigenvalue weighted by Crippen LogP contribution is 2.60. The van der Waals surface area contributed by atoms with Gasteiger partial charge in [-0.25, -0.2) is 17.2 Å². The summed E-state index contributed by atoms with van der Waals surface area (Å²) in [5.74, 6) is -3.07. The minimum absolute atomic E-state index is 0.0211. The van der Waals surface area contributed by atoms with Crippen LogP contribution >= 0.6 is 11.6 Å². The molecule has 2 fully saturated rings. The molecular weight excluding hydrogens is 438 g/mol. The summed E-state index contributed by atoms with van der Waals surface area (Å²) in [5, 5.41) is 10.4. The van der Waals surface area contributed by atoms with Crippen LogP contribution in [0.15, 0.2) is 41.3 Å². The summed E-state index contributed by atoms with van der Waals surface area (Å²) in [4.78, 5) is -0.0219. The second-order valence-electron chi connectivity index (χ2n) is 8.07. The first kappa shape index (κ1) is 20.2. The monoisotopic (exact) mass is 456 g/mol. The van der Waals surface area contributed by atoms with Crippen LogP contribution in [0.3, 0.4) is 0 Å². The van der Waals surface area contributed by atoms with Crippen molar-refractivity contribution < 1.29 is 31.8 Å². The van der Waals surface area contributed by atoms with E-state index in [0.717, 1.165) is 12.1 Å². The van der Waals surface area contributed by atoms with Crippen molar-refractivity contribution in [3.8, 4) is 5.75 Å². The van der Waals surface area contributed by atoms with Crippen LogP contribution in [-0.4, -0.2) is 32.5 Å². The number of rotatable bonds is 2. The van der Waals surface area contributed by atoms with Gasteiger partial charge in [0.1, 0.15) is 10.6 Å². The number of sulfone groups is 1. The zero-order valence-corrected chi connectivity index (χ0v) is 17.3. The van der Waals surface area contributed by atoms with Gasteiger partial charge in [0.2, 0.25) is 0 Å². The van der Waals surface area contributed by atoms with Gasteiger partial charge in [0.05, 0.1) is 23.2 Å². The molecule has 2 aliphatic heterocycles. The van der Waals surface area contributed by atoms with Crippen molar-refractivity contribution >= 4 is 21.4 Å². The molecule has 2 aromatic carbocycles. The van der Waals surface area contributed by atoms with E-state index in [-0.39, 0.29) is 47.7 Å². The van der Waals surface area contributed by atoms with Gasteiger partial charge in [-0.1, -0.05) is 11.6 Å². The van der Waals surface area contributed by atoms with Gasteiger partial charge < -0.3 is 14.6 Å². The summed E-state index contributed by atoms with van der Waals surface area (Å²) < 4.78 is 67.3. The molecule has 5 atom stereocenters. The zero-order chi connectivity index (χ0) is 21.3. The molecule has 0 bridgehead atoms. The van der Waals surface area contributed by atoms with Crippen LogP contribution < -0.4 is 4.74 Å². The average Bonchev–Trinajstić information content (AvgIpc) is 3.10. The van der Waals surface area contributed by atoms with E-state index >= 15 is 4.39 Å². The summed E-state index contributed by atoms with van der Waals surface area (Å²) >= 11 is 5.93. The van der Waals surface area contributed by atoms with Crippen LogP contribution in [0.4, 0.5) is 8.78 Å². The Balaban J connectivity index is 1.78. The number of hydrogen-bond donors (Lipinski definition) is 1. The fourth-order valence-corrected chi connectivity index (χ4v) is 7.97. The number of benzene rings is 2. The Hall–Kier alpha value is -1.74. The molecule has 0 spiro atoms. The SMILES string of the molecule is O=S(=O)(c1ccc(Cl)cc1)[C@@]12CC[C@H]3OC(O)C[C@H]3[C@@H]1COc1c(F)ccc(F)c12. The van der Waals surface area contributed by atoms with Crippen LogP contribution in [0.25, 0.3) is 0 Å². The van der Waals surface area contributed by atoms with Crippen LogP contribution in [-0.2, 0) is 19.3 Å². The minimum atomic E-state index is -4.19. The molecule has 3 aliphatic rings. The van der Waals surface area contributed by atoms with E-state index < -0.39 is 38.4 Å². The molecule has 2 aromatic rings. The largest absolute Gasteiger partial charge is 0.490 e. The van der Waals surface area contributed by atoms with E-state index in [4.69, 9.17) is 21.1 Å². The molecule has 1 saturated carbocycles. The second-order valence-corrected chi connectivity index (χ2v) is 10.7. The highest BCUT2D eigenvalue weighted by atomic mass is 35.5. The highest BCUT2D eigenvalue weighted by molar-refractivity contribution is 7.92. The normalized spacial score (nSPS) is 32.7. The van der Waals surface area contributed by atoms with E-state index in [1.165, 1.54) is 24.3 Å². The van der Waals surface area contributed by atoms with Gasteiger partial charge >= 0.3 is 0 Å². The molecule has 0 aromatic heterocycles. The summed E-state index contributed by atoms with van der Waals surface area (Å²) in [5.41, 5.74) is -0.270.